The fourth-order valence-electron chi connectivity index (χ4n) is 0.682. The van der Waals surface area contributed by atoms with Gasteiger partial charge < -0.3 is 0 Å². The second kappa shape index (κ2) is 1.72. The molecule has 0 amide bonds. The highest BCUT2D eigenvalue weighted by atomic mass is 16.2. The van der Waals surface area contributed by atoms with E-state index >= 15 is 0 Å². The largest absolute Gasteiger partial charge is 0.345 e. The van der Waals surface area contributed by atoms with Gasteiger partial charge in [0, 0.05) is 14.1 Å². The molecule has 0 spiro atoms. The summed E-state index contributed by atoms with van der Waals surface area (Å²) < 4.78 is 2.81. The van der Waals surface area contributed by atoms with Crippen LogP contribution in [-0.2, 0) is 14.1 Å². The van der Waals surface area contributed by atoms with Crippen LogP contribution < -0.4 is 5.69 Å². The van der Waals surface area contributed by atoms with Crippen LogP contribution in [0.15, 0.2) is 4.79 Å². The molecule has 9 heavy (non-hydrogen) atoms. The van der Waals surface area contributed by atoms with E-state index in [0.29, 0.717) is 0 Å². The molecule has 0 saturated heterocycles. The Balaban J connectivity index is 3.48. The van der Waals surface area contributed by atoms with Gasteiger partial charge in [0.2, 0.25) is 0 Å². The monoisotopic (exact) mass is 127 g/mol. The van der Waals surface area contributed by atoms with Crippen molar-refractivity contribution in [3.8, 4) is 0 Å². The molecule has 0 saturated carbocycles. The Kier molecular flexibility index (Phi) is 1.16. The molecule has 0 fully saturated rings. The maximum Gasteiger partial charge on any atom is 0.345 e. The van der Waals surface area contributed by atoms with Gasteiger partial charge in [0.25, 0.3) is 0 Å². The SMILES string of the molecule is Cc1nn(C)c(=O)n1C. The molecule has 1 aromatic heterocycles. The highest BCUT2D eigenvalue weighted by Crippen LogP contribution is 1.80. The van der Waals surface area contributed by atoms with Gasteiger partial charge >= 0.3 is 5.69 Å². The highest BCUT2D eigenvalue weighted by molar-refractivity contribution is 4.79. The van der Waals surface area contributed by atoms with Crippen LogP contribution in [-0.4, -0.2) is 14.3 Å². The third-order valence-corrected chi connectivity index (χ3v) is 1.34. The van der Waals surface area contributed by atoms with Crippen molar-refractivity contribution in [2.75, 3.05) is 0 Å². The summed E-state index contributed by atoms with van der Waals surface area (Å²) in [5, 5.41) is 3.88. The van der Waals surface area contributed by atoms with Crippen LogP contribution in [0.1, 0.15) is 5.82 Å². The molecule has 4 heteroatoms. The molecule has 1 rings (SSSR count). The summed E-state index contributed by atoms with van der Waals surface area (Å²) in [4.78, 5) is 10.9. The number of aryl methyl sites for hydroxylation is 2. The molecule has 1 heterocycles. The predicted octanol–water partition coefficient (Wildman–Crippen LogP) is -0.573. The van der Waals surface area contributed by atoms with Crippen LogP contribution in [0.3, 0.4) is 0 Å². The lowest BCUT2D eigenvalue weighted by atomic mass is 10.7. The molecular weight excluding hydrogens is 118 g/mol. The van der Waals surface area contributed by atoms with Crippen LogP contribution in [0.5, 0.6) is 0 Å². The number of hydrogen-bond donors (Lipinski definition) is 0. The quantitative estimate of drug-likeness (QED) is 0.468. The maximum atomic E-state index is 10.9. The lowest BCUT2D eigenvalue weighted by Crippen LogP contribution is -2.20. The van der Waals surface area contributed by atoms with Crippen LogP contribution in [0.4, 0.5) is 0 Å². The highest BCUT2D eigenvalue weighted by Gasteiger charge is 1.99. The second-order valence-electron chi connectivity index (χ2n) is 2.01. The van der Waals surface area contributed by atoms with Crippen molar-refractivity contribution in [3.63, 3.8) is 0 Å². The molecule has 0 aromatic carbocycles. The van der Waals surface area contributed by atoms with Crippen LogP contribution in [0.2, 0.25) is 0 Å². The first-order valence-corrected chi connectivity index (χ1v) is 2.69. The minimum atomic E-state index is -0.0764. The molecule has 0 aliphatic carbocycles. The van der Waals surface area contributed by atoms with E-state index in [-0.39, 0.29) is 5.69 Å². The van der Waals surface area contributed by atoms with Crippen molar-refractivity contribution < 1.29 is 0 Å². The molecule has 0 aliphatic heterocycles. The summed E-state index contributed by atoms with van der Waals surface area (Å²) in [7, 11) is 3.33. The number of rotatable bonds is 0. The van der Waals surface area contributed by atoms with Gasteiger partial charge in [0.1, 0.15) is 5.82 Å². The van der Waals surface area contributed by atoms with E-state index in [1.54, 1.807) is 21.0 Å². The van der Waals surface area contributed by atoms with E-state index in [2.05, 4.69) is 5.10 Å². The molecule has 0 N–H and O–H groups in total. The summed E-state index contributed by atoms with van der Waals surface area (Å²) in [6.45, 7) is 1.79. The van der Waals surface area contributed by atoms with Gasteiger partial charge in [-0.1, -0.05) is 0 Å². The first kappa shape index (κ1) is 6.07. The molecule has 1 aromatic rings. The number of aromatic nitrogens is 3. The van der Waals surface area contributed by atoms with Crippen molar-refractivity contribution in [3.05, 3.63) is 16.3 Å². The van der Waals surface area contributed by atoms with Gasteiger partial charge in [0.05, 0.1) is 0 Å². The van der Waals surface area contributed by atoms with E-state index < -0.39 is 0 Å². The Morgan fingerprint density at radius 3 is 2.11 bits per heavy atom. The average Bonchev–Trinajstić information content (AvgIpc) is 1.98. The summed E-state index contributed by atoms with van der Waals surface area (Å²) in [5.41, 5.74) is -0.0764. The smallest absolute Gasteiger partial charge is 0.282 e. The number of hydrogen-bond acceptors (Lipinski definition) is 2. The molecule has 0 aliphatic rings. The Labute approximate surface area is 52.7 Å². The van der Waals surface area contributed by atoms with E-state index in [4.69, 9.17) is 0 Å². The third-order valence-electron chi connectivity index (χ3n) is 1.34. The molecule has 50 valence electrons. The van der Waals surface area contributed by atoms with Crippen molar-refractivity contribution in [1.82, 2.24) is 14.3 Å². The Morgan fingerprint density at radius 2 is 2.00 bits per heavy atom. The second-order valence-corrected chi connectivity index (χ2v) is 2.01. The molecule has 0 bridgehead atoms. The first-order valence-electron chi connectivity index (χ1n) is 2.69. The fraction of sp³-hybridized carbons (Fsp3) is 0.600. The molecule has 0 atom stereocenters. The molecule has 4 nitrogen and oxygen atoms in total. The van der Waals surface area contributed by atoms with Gasteiger partial charge in [-0.05, 0) is 6.92 Å². The summed E-state index contributed by atoms with van der Waals surface area (Å²) in [5.74, 6) is 0.738. The lowest BCUT2D eigenvalue weighted by Gasteiger charge is -1.84. The van der Waals surface area contributed by atoms with E-state index in [1.165, 1.54) is 9.25 Å². The minimum absolute atomic E-state index is 0.0764. The van der Waals surface area contributed by atoms with Crippen molar-refractivity contribution >= 4 is 0 Å². The van der Waals surface area contributed by atoms with Crippen LogP contribution in [0.25, 0.3) is 0 Å². The zero-order chi connectivity index (χ0) is 7.02. The third kappa shape index (κ3) is 0.759. The van der Waals surface area contributed by atoms with Gasteiger partial charge in [-0.3, -0.25) is 4.57 Å². The zero-order valence-corrected chi connectivity index (χ0v) is 5.75. The zero-order valence-electron chi connectivity index (χ0n) is 5.75. The summed E-state index contributed by atoms with van der Waals surface area (Å²) >= 11 is 0. The summed E-state index contributed by atoms with van der Waals surface area (Å²) in [6.07, 6.45) is 0. The fourth-order valence-corrected chi connectivity index (χ4v) is 0.682. The topological polar surface area (TPSA) is 39.8 Å². The predicted molar refractivity (Wildman–Crippen MR) is 33.2 cm³/mol. The van der Waals surface area contributed by atoms with Gasteiger partial charge in [-0.2, -0.15) is 5.10 Å². The Bertz CT molecular complexity index is 270. The van der Waals surface area contributed by atoms with Crippen molar-refractivity contribution in [2.45, 2.75) is 6.92 Å². The van der Waals surface area contributed by atoms with Crippen LogP contribution in [0, 0.1) is 6.92 Å². The normalized spacial score (nSPS) is 10.1. The Hall–Kier alpha value is -1.06. The lowest BCUT2D eigenvalue weighted by molar-refractivity contribution is 0.713. The first-order chi connectivity index (χ1) is 4.13. The van der Waals surface area contributed by atoms with Gasteiger partial charge in [0.15, 0.2) is 0 Å². The Morgan fingerprint density at radius 1 is 1.44 bits per heavy atom. The van der Waals surface area contributed by atoms with Gasteiger partial charge in [-0.15, -0.1) is 0 Å². The molecule has 0 radical (unpaired) electrons. The van der Waals surface area contributed by atoms with Crippen LogP contribution >= 0.6 is 0 Å². The average molecular weight is 127 g/mol. The molecular formula is C5H9N3O. The van der Waals surface area contributed by atoms with Crippen molar-refractivity contribution in [2.24, 2.45) is 14.1 Å². The maximum absolute atomic E-state index is 10.9. The van der Waals surface area contributed by atoms with E-state index in [9.17, 15) is 4.79 Å². The summed E-state index contributed by atoms with van der Waals surface area (Å²) in [6, 6.07) is 0. The number of nitrogens with zero attached hydrogens (tertiary/aromatic N) is 3. The van der Waals surface area contributed by atoms with Gasteiger partial charge in [-0.25, -0.2) is 9.48 Å². The van der Waals surface area contributed by atoms with E-state index in [1.807, 2.05) is 0 Å². The van der Waals surface area contributed by atoms with E-state index in [0.717, 1.165) is 5.82 Å². The minimum Gasteiger partial charge on any atom is -0.282 e. The molecule has 0 unspecified atom stereocenters. The van der Waals surface area contributed by atoms with Crippen molar-refractivity contribution in [1.29, 1.82) is 0 Å². The standard InChI is InChI=1S/C5H9N3O/c1-4-6-8(3)5(9)7(4)2/h1-3H3.